The van der Waals surface area contributed by atoms with Crippen molar-refractivity contribution in [3.63, 3.8) is 0 Å². The Morgan fingerprint density at radius 2 is 2.13 bits per heavy atom. The van der Waals surface area contributed by atoms with Gasteiger partial charge >= 0.3 is 0 Å². The van der Waals surface area contributed by atoms with Crippen molar-refractivity contribution in [2.45, 2.75) is 33.0 Å². The highest BCUT2D eigenvalue weighted by molar-refractivity contribution is 5.08. The monoisotopic (exact) mass is 211 g/mol. The van der Waals surface area contributed by atoms with Gasteiger partial charge in [-0.2, -0.15) is 5.10 Å². The van der Waals surface area contributed by atoms with Gasteiger partial charge in [-0.15, -0.1) is 0 Å². The molecule has 1 aromatic heterocycles. The van der Waals surface area contributed by atoms with Crippen molar-refractivity contribution in [1.29, 1.82) is 0 Å². The molecule has 2 N–H and O–H groups in total. The number of nitrogens with two attached hydrogens (primary N) is 1. The van der Waals surface area contributed by atoms with Crippen LogP contribution >= 0.6 is 0 Å². The van der Waals surface area contributed by atoms with Crippen molar-refractivity contribution in [2.24, 2.45) is 18.7 Å². The van der Waals surface area contributed by atoms with Crippen LogP contribution in [0.25, 0.3) is 0 Å². The Morgan fingerprint density at radius 1 is 1.47 bits per heavy atom. The Hall–Kier alpha value is -0.870. The summed E-state index contributed by atoms with van der Waals surface area (Å²) in [7, 11) is 1.89. The minimum absolute atomic E-state index is 0.0453. The molecule has 4 heteroatoms. The van der Waals surface area contributed by atoms with E-state index in [2.05, 4.69) is 25.9 Å². The van der Waals surface area contributed by atoms with Crippen LogP contribution < -0.4 is 5.73 Å². The number of hydrogen-bond acceptors (Lipinski definition) is 3. The Bertz CT molecular complexity index is 296. The number of aryl methyl sites for hydroxylation is 1. The molecule has 0 aliphatic heterocycles. The molecule has 1 aromatic rings. The first-order chi connectivity index (χ1) is 7.04. The van der Waals surface area contributed by atoms with Gasteiger partial charge in [-0.3, -0.25) is 4.68 Å². The molecule has 4 nitrogen and oxygen atoms in total. The first-order valence-corrected chi connectivity index (χ1v) is 5.38. The molecule has 0 spiro atoms. The first-order valence-electron chi connectivity index (χ1n) is 5.38. The topological polar surface area (TPSA) is 53.1 Å². The molecule has 0 saturated carbocycles. The molecule has 1 heterocycles. The van der Waals surface area contributed by atoms with Gasteiger partial charge in [0.15, 0.2) is 0 Å². The predicted octanol–water partition coefficient (Wildman–Crippen LogP) is 1.48. The highest BCUT2D eigenvalue weighted by atomic mass is 16.5. The predicted molar refractivity (Wildman–Crippen MR) is 60.4 cm³/mol. The Balaban J connectivity index is 2.64. The van der Waals surface area contributed by atoms with E-state index < -0.39 is 0 Å². The van der Waals surface area contributed by atoms with Crippen LogP contribution in [-0.4, -0.2) is 22.4 Å². The highest BCUT2D eigenvalue weighted by Crippen LogP contribution is 2.19. The van der Waals surface area contributed by atoms with Gasteiger partial charge in [0.1, 0.15) is 0 Å². The van der Waals surface area contributed by atoms with Gasteiger partial charge in [0, 0.05) is 25.4 Å². The molecule has 0 saturated heterocycles. The standard InChI is InChI=1S/C11H21N3O/c1-8(2)9(3)15-11(5-12)10-6-13-14(4)7-10/h6-9,11H,5,12H2,1-4H3. The zero-order valence-electron chi connectivity index (χ0n) is 9.97. The van der Waals surface area contributed by atoms with E-state index in [1.165, 1.54) is 0 Å². The van der Waals surface area contributed by atoms with Crippen LogP contribution in [0.5, 0.6) is 0 Å². The maximum absolute atomic E-state index is 5.88. The molecule has 0 aliphatic carbocycles. The maximum Gasteiger partial charge on any atom is 0.0981 e. The summed E-state index contributed by atoms with van der Waals surface area (Å²) in [6, 6.07) is 0. The zero-order chi connectivity index (χ0) is 11.4. The van der Waals surface area contributed by atoms with Gasteiger partial charge in [-0.05, 0) is 12.8 Å². The average Bonchev–Trinajstić information content (AvgIpc) is 2.60. The molecule has 0 radical (unpaired) electrons. The molecule has 15 heavy (non-hydrogen) atoms. The minimum Gasteiger partial charge on any atom is -0.369 e. The van der Waals surface area contributed by atoms with Crippen molar-refractivity contribution < 1.29 is 4.74 Å². The second-order valence-corrected chi connectivity index (χ2v) is 4.26. The summed E-state index contributed by atoms with van der Waals surface area (Å²) in [5.41, 5.74) is 6.75. The summed E-state index contributed by atoms with van der Waals surface area (Å²) >= 11 is 0. The normalized spacial score (nSPS) is 15.6. The summed E-state index contributed by atoms with van der Waals surface area (Å²) in [5, 5.41) is 4.12. The second kappa shape index (κ2) is 5.28. The fourth-order valence-electron chi connectivity index (χ4n) is 1.29. The fraction of sp³-hybridized carbons (Fsp3) is 0.727. The van der Waals surface area contributed by atoms with Crippen LogP contribution in [0.1, 0.15) is 32.4 Å². The number of hydrogen-bond donors (Lipinski definition) is 1. The minimum atomic E-state index is -0.0453. The van der Waals surface area contributed by atoms with Gasteiger partial charge in [0.25, 0.3) is 0 Å². The summed E-state index contributed by atoms with van der Waals surface area (Å²) in [6.07, 6.45) is 3.92. The third-order valence-electron chi connectivity index (χ3n) is 2.63. The van der Waals surface area contributed by atoms with E-state index in [-0.39, 0.29) is 12.2 Å². The van der Waals surface area contributed by atoms with Gasteiger partial charge in [0.2, 0.25) is 0 Å². The summed E-state index contributed by atoms with van der Waals surface area (Å²) < 4.78 is 7.65. The van der Waals surface area contributed by atoms with Crippen LogP contribution in [0.3, 0.4) is 0 Å². The summed E-state index contributed by atoms with van der Waals surface area (Å²) in [5.74, 6) is 0.496. The molecule has 0 aromatic carbocycles. The fourth-order valence-corrected chi connectivity index (χ4v) is 1.29. The number of aromatic nitrogens is 2. The van der Waals surface area contributed by atoms with E-state index in [4.69, 9.17) is 10.5 Å². The van der Waals surface area contributed by atoms with Crippen LogP contribution in [0.4, 0.5) is 0 Å². The Kier molecular flexibility index (Phi) is 4.29. The lowest BCUT2D eigenvalue weighted by Gasteiger charge is -2.22. The van der Waals surface area contributed by atoms with E-state index in [9.17, 15) is 0 Å². The van der Waals surface area contributed by atoms with Crippen molar-refractivity contribution in [1.82, 2.24) is 9.78 Å². The molecule has 0 amide bonds. The average molecular weight is 211 g/mol. The van der Waals surface area contributed by atoms with E-state index in [0.29, 0.717) is 12.5 Å². The largest absolute Gasteiger partial charge is 0.369 e. The van der Waals surface area contributed by atoms with Crippen LogP contribution in [0.2, 0.25) is 0 Å². The zero-order valence-corrected chi connectivity index (χ0v) is 9.97. The van der Waals surface area contributed by atoms with Gasteiger partial charge in [0.05, 0.1) is 18.4 Å². The number of rotatable bonds is 5. The quantitative estimate of drug-likeness (QED) is 0.802. The summed E-state index contributed by atoms with van der Waals surface area (Å²) in [4.78, 5) is 0. The third-order valence-corrected chi connectivity index (χ3v) is 2.63. The lowest BCUT2D eigenvalue weighted by molar-refractivity contribution is -0.0221. The van der Waals surface area contributed by atoms with E-state index >= 15 is 0 Å². The molecular weight excluding hydrogens is 190 g/mol. The molecular formula is C11H21N3O. The number of ether oxygens (including phenoxy) is 1. The lowest BCUT2D eigenvalue weighted by Crippen LogP contribution is -2.23. The maximum atomic E-state index is 5.88. The second-order valence-electron chi connectivity index (χ2n) is 4.26. The van der Waals surface area contributed by atoms with Gasteiger partial charge in [-0.25, -0.2) is 0 Å². The molecule has 0 aliphatic rings. The van der Waals surface area contributed by atoms with Crippen molar-refractivity contribution in [3.05, 3.63) is 18.0 Å². The van der Waals surface area contributed by atoms with Crippen LogP contribution in [-0.2, 0) is 11.8 Å². The number of nitrogens with zero attached hydrogens (tertiary/aromatic N) is 2. The van der Waals surface area contributed by atoms with E-state index in [0.717, 1.165) is 5.56 Å². The van der Waals surface area contributed by atoms with Gasteiger partial charge in [-0.1, -0.05) is 13.8 Å². The third kappa shape index (κ3) is 3.32. The van der Waals surface area contributed by atoms with Crippen LogP contribution in [0.15, 0.2) is 12.4 Å². The van der Waals surface area contributed by atoms with E-state index in [1.807, 2.05) is 19.4 Å². The molecule has 1 rings (SSSR count). The van der Waals surface area contributed by atoms with Crippen molar-refractivity contribution >= 4 is 0 Å². The molecule has 2 unspecified atom stereocenters. The Labute approximate surface area is 91.4 Å². The highest BCUT2D eigenvalue weighted by Gasteiger charge is 2.17. The SMILES string of the molecule is CC(C)C(C)OC(CN)c1cnn(C)c1. The van der Waals surface area contributed by atoms with E-state index in [1.54, 1.807) is 4.68 Å². The van der Waals surface area contributed by atoms with Crippen molar-refractivity contribution in [2.75, 3.05) is 6.54 Å². The van der Waals surface area contributed by atoms with Crippen LogP contribution in [0, 0.1) is 5.92 Å². The molecule has 0 fully saturated rings. The Morgan fingerprint density at radius 3 is 2.53 bits per heavy atom. The lowest BCUT2D eigenvalue weighted by atomic mass is 10.1. The molecule has 86 valence electrons. The molecule has 0 bridgehead atoms. The molecule has 2 atom stereocenters. The van der Waals surface area contributed by atoms with Gasteiger partial charge < -0.3 is 10.5 Å². The smallest absolute Gasteiger partial charge is 0.0981 e. The summed E-state index contributed by atoms with van der Waals surface area (Å²) in [6.45, 7) is 6.84. The van der Waals surface area contributed by atoms with Crippen molar-refractivity contribution in [3.8, 4) is 0 Å². The first kappa shape index (κ1) is 12.2.